The van der Waals surface area contributed by atoms with Crippen molar-refractivity contribution in [2.75, 3.05) is 35.0 Å². The van der Waals surface area contributed by atoms with Gasteiger partial charge in [0.25, 0.3) is 0 Å². The lowest BCUT2D eigenvalue weighted by atomic mass is 10.1. The van der Waals surface area contributed by atoms with Gasteiger partial charge in [-0.1, -0.05) is 6.07 Å². The fraction of sp³-hybridized carbons (Fsp3) is 0.500. The lowest BCUT2D eigenvalue weighted by Crippen LogP contribution is -2.34. The van der Waals surface area contributed by atoms with Crippen LogP contribution in [0.5, 0.6) is 11.5 Å². The molecule has 0 saturated heterocycles. The van der Waals surface area contributed by atoms with Crippen molar-refractivity contribution in [1.29, 1.82) is 5.41 Å². The van der Waals surface area contributed by atoms with Gasteiger partial charge >= 0.3 is 0 Å². The molecule has 120 valence electrons. The molecule has 0 spiro atoms. The standard InChI is InChI=1S/C14H22N2O4.ClH/c1-17-11-6-5-10(7-12(11)18-2)8-13(15)16-9-14(19-3)20-4;/h5-7,14H,8-9H2,1-4H3,(H2,15,16);1H. The summed E-state index contributed by atoms with van der Waals surface area (Å²) in [6.07, 6.45) is 0.112. The number of amidine groups is 1. The smallest absolute Gasteiger partial charge is 0.173 e. The Kier molecular flexibility index (Phi) is 9.53. The summed E-state index contributed by atoms with van der Waals surface area (Å²) in [7, 11) is 6.31. The number of ether oxygens (including phenoxy) is 4. The zero-order valence-corrected chi connectivity index (χ0v) is 13.6. The van der Waals surface area contributed by atoms with Gasteiger partial charge in [-0.3, -0.25) is 5.41 Å². The molecule has 0 radical (unpaired) electrons. The fourth-order valence-corrected chi connectivity index (χ4v) is 1.73. The topological polar surface area (TPSA) is 72.8 Å². The van der Waals surface area contributed by atoms with Gasteiger partial charge in [0.05, 0.1) is 26.6 Å². The molecule has 6 nitrogen and oxygen atoms in total. The Morgan fingerprint density at radius 2 is 1.71 bits per heavy atom. The van der Waals surface area contributed by atoms with Crippen LogP contribution in [0.3, 0.4) is 0 Å². The second kappa shape index (κ2) is 10.3. The SMILES string of the molecule is COc1ccc(CC(=N)NCC(OC)OC)cc1OC.Cl. The van der Waals surface area contributed by atoms with Crippen molar-refractivity contribution >= 4 is 18.2 Å². The average molecular weight is 319 g/mol. The lowest BCUT2D eigenvalue weighted by Gasteiger charge is -2.15. The second-order valence-electron chi connectivity index (χ2n) is 4.13. The molecule has 0 aliphatic heterocycles. The number of nitrogens with one attached hydrogen (secondary N) is 2. The highest BCUT2D eigenvalue weighted by atomic mass is 35.5. The van der Waals surface area contributed by atoms with Gasteiger partial charge in [0.1, 0.15) is 0 Å². The van der Waals surface area contributed by atoms with Crippen molar-refractivity contribution in [1.82, 2.24) is 5.32 Å². The molecule has 1 rings (SSSR count). The molecule has 7 heteroatoms. The maximum Gasteiger partial charge on any atom is 0.173 e. The Hall–Kier alpha value is -1.50. The molecule has 0 saturated carbocycles. The quantitative estimate of drug-likeness (QED) is 0.435. The Morgan fingerprint density at radius 1 is 1.10 bits per heavy atom. The summed E-state index contributed by atoms with van der Waals surface area (Å²) in [6, 6.07) is 5.59. The van der Waals surface area contributed by atoms with Crippen LogP contribution in [0, 0.1) is 5.41 Å². The van der Waals surface area contributed by atoms with Crippen molar-refractivity contribution < 1.29 is 18.9 Å². The average Bonchev–Trinajstić information content (AvgIpc) is 2.48. The Morgan fingerprint density at radius 3 is 2.24 bits per heavy atom. The minimum Gasteiger partial charge on any atom is -0.493 e. The van der Waals surface area contributed by atoms with E-state index >= 15 is 0 Å². The van der Waals surface area contributed by atoms with Crippen LogP contribution in [0.2, 0.25) is 0 Å². The lowest BCUT2D eigenvalue weighted by molar-refractivity contribution is -0.0966. The monoisotopic (exact) mass is 318 g/mol. The molecule has 0 fully saturated rings. The van der Waals surface area contributed by atoms with Gasteiger partial charge < -0.3 is 24.3 Å². The van der Waals surface area contributed by atoms with Gasteiger partial charge in [-0.2, -0.15) is 0 Å². The first-order valence-electron chi connectivity index (χ1n) is 6.22. The predicted octanol–water partition coefficient (Wildman–Crippen LogP) is 1.85. The van der Waals surface area contributed by atoms with E-state index in [1.165, 1.54) is 0 Å². The predicted molar refractivity (Wildman–Crippen MR) is 84.0 cm³/mol. The van der Waals surface area contributed by atoms with Crippen LogP contribution >= 0.6 is 12.4 Å². The molecule has 2 N–H and O–H groups in total. The minimum atomic E-state index is -0.360. The number of benzene rings is 1. The zero-order valence-electron chi connectivity index (χ0n) is 12.8. The maximum absolute atomic E-state index is 7.90. The third kappa shape index (κ3) is 6.20. The van der Waals surface area contributed by atoms with E-state index in [0.717, 1.165) is 5.56 Å². The highest BCUT2D eigenvalue weighted by molar-refractivity contribution is 5.85. The van der Waals surface area contributed by atoms with Crippen LogP contribution in [0.4, 0.5) is 0 Å². The van der Waals surface area contributed by atoms with E-state index in [9.17, 15) is 0 Å². The van der Waals surface area contributed by atoms with E-state index in [1.807, 2.05) is 18.2 Å². The number of hydrogen-bond acceptors (Lipinski definition) is 5. The van der Waals surface area contributed by atoms with E-state index in [1.54, 1.807) is 28.4 Å². The first-order valence-corrected chi connectivity index (χ1v) is 6.22. The first-order chi connectivity index (χ1) is 9.64. The van der Waals surface area contributed by atoms with E-state index in [4.69, 9.17) is 24.4 Å². The van der Waals surface area contributed by atoms with Crippen molar-refractivity contribution in [3.8, 4) is 11.5 Å². The molecule has 0 bridgehead atoms. The molecule has 21 heavy (non-hydrogen) atoms. The van der Waals surface area contributed by atoms with Gasteiger partial charge in [-0.05, 0) is 17.7 Å². The number of hydrogen-bond donors (Lipinski definition) is 2. The van der Waals surface area contributed by atoms with Crippen molar-refractivity contribution in [2.45, 2.75) is 12.7 Å². The Labute approximate surface area is 131 Å². The maximum atomic E-state index is 7.90. The molecule has 0 unspecified atom stereocenters. The van der Waals surface area contributed by atoms with Gasteiger partial charge in [-0.25, -0.2) is 0 Å². The fourth-order valence-electron chi connectivity index (χ4n) is 1.73. The van der Waals surface area contributed by atoms with E-state index in [2.05, 4.69) is 5.32 Å². The van der Waals surface area contributed by atoms with E-state index in [0.29, 0.717) is 30.3 Å². The molecule has 0 aliphatic carbocycles. The molecule has 1 aromatic carbocycles. The van der Waals surface area contributed by atoms with E-state index < -0.39 is 0 Å². The number of rotatable bonds is 8. The molecule has 0 atom stereocenters. The summed E-state index contributed by atoms with van der Waals surface area (Å²) in [5.74, 6) is 1.72. The largest absolute Gasteiger partial charge is 0.493 e. The number of methoxy groups -OCH3 is 4. The zero-order chi connectivity index (χ0) is 15.0. The summed E-state index contributed by atoms with van der Waals surface area (Å²) >= 11 is 0. The van der Waals surface area contributed by atoms with Crippen molar-refractivity contribution in [2.24, 2.45) is 0 Å². The normalized spacial score (nSPS) is 9.95. The third-order valence-corrected chi connectivity index (χ3v) is 2.84. The van der Waals surface area contributed by atoms with Crippen LogP contribution in [0.25, 0.3) is 0 Å². The van der Waals surface area contributed by atoms with Crippen molar-refractivity contribution in [3.63, 3.8) is 0 Å². The summed E-state index contributed by atoms with van der Waals surface area (Å²) in [5, 5.41) is 10.9. The molecule has 0 aliphatic rings. The molecule has 0 amide bonds. The number of halogens is 1. The minimum absolute atomic E-state index is 0. The Balaban J connectivity index is 0.00000400. The Bertz CT molecular complexity index is 439. The molecule has 0 aromatic heterocycles. The summed E-state index contributed by atoms with van der Waals surface area (Å²) in [5.41, 5.74) is 0.964. The van der Waals surface area contributed by atoms with Crippen LogP contribution in [0.15, 0.2) is 18.2 Å². The van der Waals surface area contributed by atoms with Gasteiger partial charge in [0.2, 0.25) is 0 Å². The highest BCUT2D eigenvalue weighted by Gasteiger charge is 2.08. The molecule has 0 heterocycles. The first kappa shape index (κ1) is 19.5. The van der Waals surface area contributed by atoms with Gasteiger partial charge in [0.15, 0.2) is 17.8 Å². The highest BCUT2D eigenvalue weighted by Crippen LogP contribution is 2.27. The van der Waals surface area contributed by atoms with Crippen LogP contribution in [-0.4, -0.2) is 47.1 Å². The van der Waals surface area contributed by atoms with Crippen molar-refractivity contribution in [3.05, 3.63) is 23.8 Å². The second-order valence-corrected chi connectivity index (χ2v) is 4.13. The van der Waals surface area contributed by atoms with Crippen LogP contribution in [-0.2, 0) is 15.9 Å². The van der Waals surface area contributed by atoms with Crippen LogP contribution in [0.1, 0.15) is 5.56 Å². The summed E-state index contributed by atoms with van der Waals surface area (Å²) in [6.45, 7) is 0.430. The van der Waals surface area contributed by atoms with Crippen LogP contribution < -0.4 is 14.8 Å². The molecular weight excluding hydrogens is 296 g/mol. The van der Waals surface area contributed by atoms with E-state index in [-0.39, 0.29) is 18.7 Å². The van der Waals surface area contributed by atoms with Gasteiger partial charge in [0, 0.05) is 20.6 Å². The molecular formula is C14H23ClN2O4. The van der Waals surface area contributed by atoms with Gasteiger partial charge in [-0.15, -0.1) is 12.4 Å². The summed E-state index contributed by atoms with van der Waals surface area (Å²) in [4.78, 5) is 0. The molecule has 1 aromatic rings. The summed E-state index contributed by atoms with van der Waals surface area (Å²) < 4.78 is 20.5. The third-order valence-electron chi connectivity index (χ3n) is 2.84.